The van der Waals surface area contributed by atoms with Gasteiger partial charge in [-0.3, -0.25) is 4.90 Å². The van der Waals surface area contributed by atoms with E-state index in [4.69, 9.17) is 9.47 Å². The molecule has 2 rings (SSSR count). The second kappa shape index (κ2) is 12.4. The number of ether oxygens (including phenoxy) is 2. The van der Waals surface area contributed by atoms with Crippen LogP contribution in [0, 0.1) is 0 Å². The Morgan fingerprint density at radius 2 is 2.04 bits per heavy atom. The van der Waals surface area contributed by atoms with Gasteiger partial charge in [-0.1, -0.05) is 32.7 Å². The van der Waals surface area contributed by atoms with Crippen LogP contribution in [0.4, 0.5) is 5.69 Å². The van der Waals surface area contributed by atoms with Gasteiger partial charge in [0, 0.05) is 38.6 Å². The molecule has 1 heterocycles. The number of aliphatic hydroxyl groups excluding tert-OH is 1. The van der Waals surface area contributed by atoms with Gasteiger partial charge in [0.25, 0.3) is 0 Å². The van der Waals surface area contributed by atoms with E-state index in [1.54, 1.807) is 11.9 Å². The third-order valence-corrected chi connectivity index (χ3v) is 4.82. The van der Waals surface area contributed by atoms with Crippen LogP contribution >= 0.6 is 11.9 Å². The van der Waals surface area contributed by atoms with Crippen molar-refractivity contribution in [2.75, 3.05) is 50.5 Å². The number of aliphatic hydroxyl groups is 1. The van der Waals surface area contributed by atoms with Gasteiger partial charge in [0.05, 0.1) is 12.7 Å². The second-order valence-corrected chi connectivity index (χ2v) is 6.71. The van der Waals surface area contributed by atoms with Crippen molar-refractivity contribution in [1.29, 1.82) is 0 Å². The monoisotopic (exact) mass is 370 g/mol. The molecule has 1 aromatic rings. The molecular formula is C19H34N2O3S. The first-order valence-corrected chi connectivity index (χ1v) is 10.3. The van der Waals surface area contributed by atoms with Crippen LogP contribution in [0.2, 0.25) is 0 Å². The van der Waals surface area contributed by atoms with Crippen molar-refractivity contribution in [3.63, 3.8) is 0 Å². The molecule has 1 aromatic carbocycles. The number of hydrogen-bond donors (Lipinski definition) is 1. The van der Waals surface area contributed by atoms with Gasteiger partial charge < -0.3 is 18.9 Å². The summed E-state index contributed by atoms with van der Waals surface area (Å²) in [6, 6.07) is 7.92. The van der Waals surface area contributed by atoms with Crippen LogP contribution < -0.4 is 9.04 Å². The zero-order valence-electron chi connectivity index (χ0n) is 16.3. The summed E-state index contributed by atoms with van der Waals surface area (Å²) in [5, 5.41) is 10.2. The first-order valence-electron chi connectivity index (χ1n) is 9.15. The SMILES string of the molecule is CC.CCC1CN(CC(O)COc2ccc(N(C)SC)cc2)CCO1. The molecule has 5 nitrogen and oxygen atoms in total. The zero-order chi connectivity index (χ0) is 18.7. The van der Waals surface area contributed by atoms with Crippen molar-refractivity contribution in [2.24, 2.45) is 0 Å². The smallest absolute Gasteiger partial charge is 0.119 e. The third-order valence-electron chi connectivity index (χ3n) is 4.06. The highest BCUT2D eigenvalue weighted by molar-refractivity contribution is 7.99. The lowest BCUT2D eigenvalue weighted by Crippen LogP contribution is -2.46. The molecule has 1 N–H and O–H groups in total. The molecule has 0 bridgehead atoms. The standard InChI is InChI=1S/C17H28N2O3S.C2H6/c1-4-16-12-19(9-10-21-16)11-15(20)13-22-17-7-5-14(6-8-17)18(2)23-3;1-2/h5-8,15-16,20H,4,9-13H2,1-3H3;1-2H3. The lowest BCUT2D eigenvalue weighted by Gasteiger charge is -2.33. The Morgan fingerprint density at radius 3 is 2.64 bits per heavy atom. The molecule has 25 heavy (non-hydrogen) atoms. The van der Waals surface area contributed by atoms with E-state index in [1.165, 1.54) is 0 Å². The van der Waals surface area contributed by atoms with E-state index < -0.39 is 6.10 Å². The number of β-amino-alcohol motifs (C(OH)–C–C–N with tert-alkyl or cyclic N) is 1. The van der Waals surface area contributed by atoms with Crippen molar-refractivity contribution in [2.45, 2.75) is 39.4 Å². The quantitative estimate of drug-likeness (QED) is 0.709. The molecule has 0 spiro atoms. The molecule has 1 aliphatic rings. The van der Waals surface area contributed by atoms with E-state index in [-0.39, 0.29) is 6.10 Å². The molecule has 0 amide bonds. The topological polar surface area (TPSA) is 45.2 Å². The summed E-state index contributed by atoms with van der Waals surface area (Å²) >= 11 is 1.66. The molecule has 6 heteroatoms. The highest BCUT2D eigenvalue weighted by atomic mass is 32.2. The van der Waals surface area contributed by atoms with Gasteiger partial charge in [-0.15, -0.1) is 0 Å². The zero-order valence-corrected chi connectivity index (χ0v) is 17.1. The first-order chi connectivity index (χ1) is 12.1. The Balaban J connectivity index is 0.00000151. The fourth-order valence-corrected chi connectivity index (χ4v) is 2.93. The minimum Gasteiger partial charge on any atom is -0.491 e. The number of rotatable bonds is 8. The minimum atomic E-state index is -0.487. The molecule has 1 aliphatic heterocycles. The maximum Gasteiger partial charge on any atom is 0.119 e. The second-order valence-electron chi connectivity index (χ2n) is 5.80. The average molecular weight is 371 g/mol. The van der Waals surface area contributed by atoms with Crippen molar-refractivity contribution >= 4 is 17.6 Å². The molecule has 0 aliphatic carbocycles. The van der Waals surface area contributed by atoms with Gasteiger partial charge >= 0.3 is 0 Å². The van der Waals surface area contributed by atoms with Crippen molar-refractivity contribution in [1.82, 2.24) is 4.90 Å². The van der Waals surface area contributed by atoms with Gasteiger partial charge in [0.2, 0.25) is 0 Å². The van der Waals surface area contributed by atoms with E-state index in [0.717, 1.165) is 37.6 Å². The number of nitrogens with zero attached hydrogens (tertiary/aromatic N) is 2. The van der Waals surface area contributed by atoms with Crippen molar-refractivity contribution in [3.8, 4) is 5.75 Å². The Morgan fingerprint density at radius 1 is 1.36 bits per heavy atom. The fraction of sp³-hybridized carbons (Fsp3) is 0.684. The maximum atomic E-state index is 10.2. The Hall–Kier alpha value is -0.950. The molecule has 1 saturated heterocycles. The normalized spacial score (nSPS) is 18.9. The van der Waals surface area contributed by atoms with E-state index >= 15 is 0 Å². The van der Waals surface area contributed by atoms with Gasteiger partial charge in [-0.25, -0.2) is 0 Å². The van der Waals surface area contributed by atoms with Crippen LogP contribution in [0.1, 0.15) is 27.2 Å². The van der Waals surface area contributed by atoms with Gasteiger partial charge in [0.15, 0.2) is 0 Å². The number of hydrogen-bond acceptors (Lipinski definition) is 6. The fourth-order valence-electron chi connectivity index (χ4n) is 2.59. The van der Waals surface area contributed by atoms with Crippen LogP contribution in [0.3, 0.4) is 0 Å². The predicted molar refractivity (Wildman–Crippen MR) is 108 cm³/mol. The van der Waals surface area contributed by atoms with Gasteiger partial charge in [0.1, 0.15) is 18.5 Å². The molecular weight excluding hydrogens is 336 g/mol. The average Bonchev–Trinajstić information content (AvgIpc) is 2.68. The number of anilines is 1. The van der Waals surface area contributed by atoms with Crippen LogP contribution in [-0.2, 0) is 4.74 Å². The highest BCUT2D eigenvalue weighted by Gasteiger charge is 2.21. The lowest BCUT2D eigenvalue weighted by molar-refractivity contribution is -0.0453. The summed E-state index contributed by atoms with van der Waals surface area (Å²) in [7, 11) is 2.02. The largest absolute Gasteiger partial charge is 0.491 e. The molecule has 2 unspecified atom stereocenters. The summed E-state index contributed by atoms with van der Waals surface area (Å²) in [6.45, 7) is 9.59. The van der Waals surface area contributed by atoms with Crippen molar-refractivity contribution < 1.29 is 14.6 Å². The molecule has 0 radical (unpaired) electrons. The van der Waals surface area contributed by atoms with Gasteiger partial charge in [-0.05, 0) is 30.7 Å². The number of morpholine rings is 1. The summed E-state index contributed by atoms with van der Waals surface area (Å²) in [5.41, 5.74) is 1.13. The summed E-state index contributed by atoms with van der Waals surface area (Å²) in [4.78, 5) is 2.25. The first kappa shape index (κ1) is 22.1. The molecule has 2 atom stereocenters. The summed E-state index contributed by atoms with van der Waals surface area (Å²) in [6.07, 6.45) is 2.85. The van der Waals surface area contributed by atoms with Gasteiger partial charge in [-0.2, -0.15) is 0 Å². The lowest BCUT2D eigenvalue weighted by atomic mass is 10.2. The summed E-state index contributed by atoms with van der Waals surface area (Å²) < 4.78 is 13.4. The van der Waals surface area contributed by atoms with E-state index in [0.29, 0.717) is 13.2 Å². The molecule has 144 valence electrons. The van der Waals surface area contributed by atoms with Crippen LogP contribution in [0.25, 0.3) is 0 Å². The van der Waals surface area contributed by atoms with Crippen LogP contribution in [0.15, 0.2) is 24.3 Å². The minimum absolute atomic E-state index is 0.290. The molecule has 1 fully saturated rings. The van der Waals surface area contributed by atoms with E-state index in [9.17, 15) is 5.11 Å². The number of benzene rings is 1. The maximum absolute atomic E-state index is 10.2. The van der Waals surface area contributed by atoms with E-state index in [2.05, 4.69) is 16.1 Å². The van der Waals surface area contributed by atoms with Crippen LogP contribution in [-0.4, -0.2) is 68.4 Å². The molecule has 0 aromatic heterocycles. The molecule has 0 saturated carbocycles. The van der Waals surface area contributed by atoms with E-state index in [1.807, 2.05) is 51.4 Å². The Labute approximate surface area is 157 Å². The Bertz CT molecular complexity index is 458. The predicted octanol–water partition coefficient (Wildman–Crippen LogP) is 3.28. The van der Waals surface area contributed by atoms with Crippen molar-refractivity contribution in [3.05, 3.63) is 24.3 Å². The third kappa shape index (κ3) is 7.86. The highest BCUT2D eigenvalue weighted by Crippen LogP contribution is 2.22. The summed E-state index contributed by atoms with van der Waals surface area (Å²) in [5.74, 6) is 0.788. The van der Waals surface area contributed by atoms with Crippen LogP contribution in [0.5, 0.6) is 5.75 Å². The Kier molecular flexibility index (Phi) is 11.0.